The third-order valence-electron chi connectivity index (χ3n) is 3.19. The summed E-state index contributed by atoms with van der Waals surface area (Å²) in [5.74, 6) is 0.677. The topological polar surface area (TPSA) is 43.4 Å². The van der Waals surface area contributed by atoms with Crippen LogP contribution >= 0.6 is 0 Å². The molecule has 13 heavy (non-hydrogen) atoms. The molecule has 3 nitrogen and oxygen atoms in total. The summed E-state index contributed by atoms with van der Waals surface area (Å²) in [6.45, 7) is 4.25. The summed E-state index contributed by atoms with van der Waals surface area (Å²) in [6.07, 6.45) is 0.658. The van der Waals surface area contributed by atoms with E-state index in [2.05, 4.69) is 0 Å². The number of Topliss-reactive ketones (excluding diaryl/α,β-unsaturated/α-hetero) is 1. The van der Waals surface area contributed by atoms with Gasteiger partial charge in [0.15, 0.2) is 0 Å². The molecule has 0 aromatic heterocycles. The van der Waals surface area contributed by atoms with Crippen molar-refractivity contribution in [2.24, 2.45) is 23.7 Å². The molecule has 2 aliphatic rings. The van der Waals surface area contributed by atoms with E-state index in [-0.39, 0.29) is 23.6 Å². The lowest BCUT2D eigenvalue weighted by Crippen LogP contribution is -2.15. The summed E-state index contributed by atoms with van der Waals surface area (Å²) >= 11 is 0. The summed E-state index contributed by atoms with van der Waals surface area (Å²) in [4.78, 5) is 22.7. The molecule has 0 aliphatic heterocycles. The van der Waals surface area contributed by atoms with E-state index < -0.39 is 0 Å². The summed E-state index contributed by atoms with van der Waals surface area (Å²) in [5, 5.41) is 0. The number of carbonyl (C=O) groups is 2. The molecule has 0 spiro atoms. The molecule has 0 radical (unpaired) electrons. The van der Waals surface area contributed by atoms with E-state index in [0.29, 0.717) is 24.9 Å². The van der Waals surface area contributed by atoms with Gasteiger partial charge in [0.05, 0.1) is 12.5 Å². The quantitative estimate of drug-likeness (QED) is 0.599. The van der Waals surface area contributed by atoms with Crippen molar-refractivity contribution in [2.75, 3.05) is 6.61 Å². The molecule has 0 aromatic carbocycles. The Kier molecular flexibility index (Phi) is 1.90. The average Bonchev–Trinajstić information content (AvgIpc) is 2.72. The lowest BCUT2D eigenvalue weighted by Gasteiger charge is -2.06. The molecule has 0 bridgehead atoms. The standard InChI is InChI=1S/C10H14O3/c1-3-13-10(12)9-7-5(2)4-6(11)8(7)9/h5,7-9H,3-4H2,1-2H3/t5-,7+,8-,9-/m0/s1. The molecule has 2 saturated carbocycles. The predicted octanol–water partition coefficient (Wildman–Crippen LogP) is 1.02. The highest BCUT2D eigenvalue weighted by molar-refractivity contribution is 5.95. The molecule has 2 rings (SSSR count). The first-order valence-corrected chi connectivity index (χ1v) is 4.86. The third-order valence-corrected chi connectivity index (χ3v) is 3.19. The normalized spacial score (nSPS) is 41.5. The Labute approximate surface area is 77.4 Å². The largest absolute Gasteiger partial charge is 0.466 e. The van der Waals surface area contributed by atoms with Gasteiger partial charge < -0.3 is 4.74 Å². The highest BCUT2D eigenvalue weighted by Crippen LogP contribution is 2.58. The van der Waals surface area contributed by atoms with Gasteiger partial charge in [0, 0.05) is 12.3 Å². The Morgan fingerprint density at radius 3 is 2.77 bits per heavy atom. The van der Waals surface area contributed by atoms with Crippen LogP contribution in [0, 0.1) is 23.7 Å². The predicted molar refractivity (Wildman–Crippen MR) is 45.9 cm³/mol. The van der Waals surface area contributed by atoms with E-state index >= 15 is 0 Å². The van der Waals surface area contributed by atoms with Crippen LogP contribution in [-0.2, 0) is 14.3 Å². The van der Waals surface area contributed by atoms with Crippen molar-refractivity contribution < 1.29 is 14.3 Å². The van der Waals surface area contributed by atoms with Crippen molar-refractivity contribution in [3.8, 4) is 0 Å². The lowest BCUT2D eigenvalue weighted by molar-refractivity contribution is -0.146. The van der Waals surface area contributed by atoms with Crippen molar-refractivity contribution in [1.29, 1.82) is 0 Å². The molecule has 72 valence electrons. The van der Waals surface area contributed by atoms with Crippen LogP contribution < -0.4 is 0 Å². The maximum atomic E-state index is 11.3. The Hall–Kier alpha value is -0.860. The number of ketones is 1. The van der Waals surface area contributed by atoms with Gasteiger partial charge >= 0.3 is 5.97 Å². The highest BCUT2D eigenvalue weighted by atomic mass is 16.5. The van der Waals surface area contributed by atoms with Gasteiger partial charge in [-0.15, -0.1) is 0 Å². The van der Waals surface area contributed by atoms with E-state index in [1.54, 1.807) is 6.92 Å². The van der Waals surface area contributed by atoms with Crippen LogP contribution in [0.25, 0.3) is 0 Å². The Morgan fingerprint density at radius 2 is 2.31 bits per heavy atom. The van der Waals surface area contributed by atoms with Gasteiger partial charge in [-0.25, -0.2) is 0 Å². The highest BCUT2D eigenvalue weighted by Gasteiger charge is 2.65. The van der Waals surface area contributed by atoms with Crippen LogP contribution in [0.15, 0.2) is 0 Å². The minimum absolute atomic E-state index is 0.00838. The SMILES string of the molecule is CCOC(=O)[C@@H]1[C@H]2C(=O)C[C@H](C)[C@H]21. The van der Waals surface area contributed by atoms with E-state index in [1.807, 2.05) is 6.92 Å². The fourth-order valence-corrected chi connectivity index (χ4v) is 2.59. The van der Waals surface area contributed by atoms with Gasteiger partial charge in [0.2, 0.25) is 0 Å². The molecule has 0 N–H and O–H groups in total. The van der Waals surface area contributed by atoms with Crippen LogP contribution in [0.3, 0.4) is 0 Å². The second-order valence-corrected chi connectivity index (χ2v) is 4.03. The number of ether oxygens (including phenoxy) is 1. The zero-order valence-corrected chi connectivity index (χ0v) is 7.95. The number of fused-ring (bicyclic) bond motifs is 1. The lowest BCUT2D eigenvalue weighted by atomic mass is 10.0. The fourth-order valence-electron chi connectivity index (χ4n) is 2.59. The molecule has 0 amide bonds. The van der Waals surface area contributed by atoms with Crippen molar-refractivity contribution in [3.05, 3.63) is 0 Å². The number of hydrogen-bond donors (Lipinski definition) is 0. The molecular formula is C10H14O3. The summed E-state index contributed by atoms with van der Waals surface area (Å²) in [5.41, 5.74) is 0. The second-order valence-electron chi connectivity index (χ2n) is 4.03. The second kappa shape index (κ2) is 2.82. The molecule has 3 heteroatoms. The van der Waals surface area contributed by atoms with Gasteiger partial charge in [-0.2, -0.15) is 0 Å². The minimum Gasteiger partial charge on any atom is -0.466 e. The first kappa shape index (κ1) is 8.73. The van der Waals surface area contributed by atoms with E-state index in [9.17, 15) is 9.59 Å². The van der Waals surface area contributed by atoms with Crippen LogP contribution in [-0.4, -0.2) is 18.4 Å². The third kappa shape index (κ3) is 1.18. The zero-order valence-electron chi connectivity index (χ0n) is 7.95. The average molecular weight is 182 g/mol. The summed E-state index contributed by atoms with van der Waals surface area (Å²) in [7, 11) is 0. The maximum Gasteiger partial charge on any atom is 0.309 e. The van der Waals surface area contributed by atoms with Crippen molar-refractivity contribution >= 4 is 11.8 Å². The fraction of sp³-hybridized carbons (Fsp3) is 0.800. The summed E-state index contributed by atoms with van der Waals surface area (Å²) in [6, 6.07) is 0. The van der Waals surface area contributed by atoms with Crippen LogP contribution in [0.5, 0.6) is 0 Å². The molecule has 0 aromatic rings. The van der Waals surface area contributed by atoms with Crippen molar-refractivity contribution in [2.45, 2.75) is 20.3 Å². The summed E-state index contributed by atoms with van der Waals surface area (Å²) < 4.78 is 4.91. The first-order valence-electron chi connectivity index (χ1n) is 4.86. The van der Waals surface area contributed by atoms with Crippen LogP contribution in [0.1, 0.15) is 20.3 Å². The number of hydrogen-bond acceptors (Lipinski definition) is 3. The molecule has 0 heterocycles. The minimum atomic E-state index is -0.169. The first-order chi connectivity index (χ1) is 6.16. The van der Waals surface area contributed by atoms with Crippen molar-refractivity contribution in [1.82, 2.24) is 0 Å². The van der Waals surface area contributed by atoms with Gasteiger partial charge in [-0.1, -0.05) is 6.92 Å². The monoisotopic (exact) mass is 182 g/mol. The molecule has 0 saturated heterocycles. The van der Waals surface area contributed by atoms with Gasteiger partial charge in [0.1, 0.15) is 5.78 Å². The van der Waals surface area contributed by atoms with Gasteiger partial charge in [0.25, 0.3) is 0 Å². The molecule has 2 aliphatic carbocycles. The maximum absolute atomic E-state index is 11.3. The molecule has 2 fully saturated rings. The van der Waals surface area contributed by atoms with E-state index in [1.165, 1.54) is 0 Å². The van der Waals surface area contributed by atoms with E-state index in [0.717, 1.165) is 0 Å². The Bertz CT molecular complexity index is 259. The molecular weight excluding hydrogens is 168 g/mol. The number of rotatable bonds is 2. The van der Waals surface area contributed by atoms with Crippen molar-refractivity contribution in [3.63, 3.8) is 0 Å². The molecule has 4 atom stereocenters. The smallest absolute Gasteiger partial charge is 0.309 e. The molecule has 0 unspecified atom stereocenters. The number of esters is 1. The van der Waals surface area contributed by atoms with Gasteiger partial charge in [-0.05, 0) is 18.8 Å². The zero-order chi connectivity index (χ0) is 9.59. The van der Waals surface area contributed by atoms with Crippen LogP contribution in [0.4, 0.5) is 0 Å². The Balaban J connectivity index is 2.00. The number of carbonyl (C=O) groups excluding carboxylic acids is 2. The van der Waals surface area contributed by atoms with Gasteiger partial charge in [-0.3, -0.25) is 9.59 Å². The van der Waals surface area contributed by atoms with E-state index in [4.69, 9.17) is 4.74 Å². The Morgan fingerprint density at radius 1 is 1.62 bits per heavy atom. The van der Waals surface area contributed by atoms with Crippen LogP contribution in [0.2, 0.25) is 0 Å².